The normalized spacial score (nSPS) is 10.4. The van der Waals surface area contributed by atoms with Crippen molar-refractivity contribution in [2.75, 3.05) is 11.5 Å². The number of ketones is 1. The summed E-state index contributed by atoms with van der Waals surface area (Å²) in [5, 5.41) is 0. The molecule has 0 aliphatic heterocycles. The number of carbonyl (C=O) groups excluding carboxylic acids is 2. The van der Waals surface area contributed by atoms with Crippen LogP contribution in [0.15, 0.2) is 78.9 Å². The van der Waals surface area contributed by atoms with E-state index in [0.29, 0.717) is 24.3 Å². The Hall–Kier alpha value is -3.40. The highest BCUT2D eigenvalue weighted by Gasteiger charge is 2.17. The van der Waals surface area contributed by atoms with Crippen LogP contribution in [0.5, 0.6) is 5.75 Å². The van der Waals surface area contributed by atoms with Gasteiger partial charge >= 0.3 is 0 Å². The van der Waals surface area contributed by atoms with E-state index in [1.54, 1.807) is 29.2 Å². The van der Waals surface area contributed by atoms with Crippen molar-refractivity contribution in [1.29, 1.82) is 0 Å². The Morgan fingerprint density at radius 3 is 2.14 bits per heavy atom. The molecule has 3 rings (SSSR count). The summed E-state index contributed by atoms with van der Waals surface area (Å²) >= 11 is 0. The highest BCUT2D eigenvalue weighted by molar-refractivity contribution is 5.96. The lowest BCUT2D eigenvalue weighted by atomic mass is 10.1. The molecule has 0 unspecified atom stereocenters. The Bertz CT molecular complexity index is 948. The molecule has 4 heteroatoms. The van der Waals surface area contributed by atoms with Crippen molar-refractivity contribution in [3.63, 3.8) is 0 Å². The van der Waals surface area contributed by atoms with Crippen LogP contribution in [-0.2, 0) is 11.3 Å². The van der Waals surface area contributed by atoms with E-state index in [0.717, 1.165) is 16.8 Å². The summed E-state index contributed by atoms with van der Waals surface area (Å²) in [5.41, 5.74) is 3.66. The molecule has 1 amide bonds. The van der Waals surface area contributed by atoms with Crippen LogP contribution in [0.1, 0.15) is 34.8 Å². The first-order valence-corrected chi connectivity index (χ1v) is 9.74. The molecule has 0 saturated carbocycles. The molecule has 29 heavy (non-hydrogen) atoms. The Morgan fingerprint density at radius 2 is 1.52 bits per heavy atom. The van der Waals surface area contributed by atoms with Crippen molar-refractivity contribution in [3.05, 3.63) is 95.6 Å². The molecular formula is C25H25NO3. The van der Waals surface area contributed by atoms with Crippen LogP contribution in [0, 0.1) is 6.92 Å². The Labute approximate surface area is 171 Å². The first kappa shape index (κ1) is 20.3. The first-order valence-electron chi connectivity index (χ1n) is 9.74. The third-order valence-electron chi connectivity index (χ3n) is 4.69. The van der Waals surface area contributed by atoms with Gasteiger partial charge in [-0.1, -0.05) is 55.0 Å². The third kappa shape index (κ3) is 5.55. The second-order valence-corrected chi connectivity index (χ2v) is 6.89. The molecule has 0 N–H and O–H groups in total. The summed E-state index contributed by atoms with van der Waals surface area (Å²) < 4.78 is 5.70. The number of carbonyl (C=O) groups is 2. The Morgan fingerprint density at radius 1 is 0.862 bits per heavy atom. The summed E-state index contributed by atoms with van der Waals surface area (Å²) in [6.45, 7) is 4.23. The van der Waals surface area contributed by atoms with Crippen molar-refractivity contribution in [2.45, 2.75) is 26.8 Å². The molecule has 148 valence electrons. The molecular weight excluding hydrogens is 362 g/mol. The van der Waals surface area contributed by atoms with E-state index in [4.69, 9.17) is 4.74 Å². The van der Waals surface area contributed by atoms with E-state index in [1.807, 2.05) is 68.4 Å². The maximum Gasteiger partial charge on any atom is 0.265 e. The monoisotopic (exact) mass is 387 g/mol. The van der Waals surface area contributed by atoms with Gasteiger partial charge in [-0.25, -0.2) is 0 Å². The molecule has 0 heterocycles. The largest absolute Gasteiger partial charge is 0.484 e. The van der Waals surface area contributed by atoms with Gasteiger partial charge in [-0.3, -0.25) is 9.59 Å². The molecule has 3 aromatic carbocycles. The van der Waals surface area contributed by atoms with Crippen LogP contribution in [-0.4, -0.2) is 18.3 Å². The van der Waals surface area contributed by atoms with Crippen molar-refractivity contribution < 1.29 is 14.3 Å². The van der Waals surface area contributed by atoms with Gasteiger partial charge in [0.15, 0.2) is 12.4 Å². The summed E-state index contributed by atoms with van der Waals surface area (Å²) in [4.78, 5) is 26.4. The number of anilines is 1. The summed E-state index contributed by atoms with van der Waals surface area (Å²) in [6, 6.07) is 24.7. The van der Waals surface area contributed by atoms with E-state index in [2.05, 4.69) is 0 Å². The van der Waals surface area contributed by atoms with Crippen LogP contribution >= 0.6 is 0 Å². The van der Waals surface area contributed by atoms with Gasteiger partial charge in [0.05, 0.1) is 6.54 Å². The molecule has 0 saturated heterocycles. The highest BCUT2D eigenvalue weighted by Crippen LogP contribution is 2.20. The number of Topliss-reactive ketones (excluding diaryl/α,β-unsaturated/α-hetero) is 1. The molecule has 0 aliphatic carbocycles. The standard InChI is InChI=1S/C25H25NO3/c1-3-24(27)21-11-15-23(16-12-21)29-18-25(28)26(17-20-7-5-4-6-8-20)22-13-9-19(2)10-14-22/h4-16H,3,17-18H2,1-2H3. The fourth-order valence-electron chi connectivity index (χ4n) is 2.98. The fraction of sp³-hybridized carbons (Fsp3) is 0.200. The lowest BCUT2D eigenvalue weighted by Gasteiger charge is -2.23. The molecule has 0 spiro atoms. The molecule has 0 atom stereocenters. The first-order chi connectivity index (χ1) is 14.1. The Balaban J connectivity index is 1.72. The van der Waals surface area contributed by atoms with E-state index in [9.17, 15) is 9.59 Å². The van der Waals surface area contributed by atoms with Gasteiger partial charge in [0.2, 0.25) is 0 Å². The van der Waals surface area contributed by atoms with E-state index < -0.39 is 0 Å². The van der Waals surface area contributed by atoms with Crippen LogP contribution < -0.4 is 9.64 Å². The van der Waals surface area contributed by atoms with Gasteiger partial charge in [0.1, 0.15) is 5.75 Å². The van der Waals surface area contributed by atoms with Crippen LogP contribution in [0.25, 0.3) is 0 Å². The predicted molar refractivity (Wildman–Crippen MR) is 115 cm³/mol. The number of rotatable bonds is 8. The topological polar surface area (TPSA) is 46.6 Å². The molecule has 0 aromatic heterocycles. The van der Waals surface area contributed by atoms with Crippen molar-refractivity contribution in [3.8, 4) is 5.75 Å². The van der Waals surface area contributed by atoms with Gasteiger partial charge in [-0.2, -0.15) is 0 Å². The average molecular weight is 387 g/mol. The predicted octanol–water partition coefficient (Wildman–Crippen LogP) is 5.20. The second-order valence-electron chi connectivity index (χ2n) is 6.89. The zero-order valence-electron chi connectivity index (χ0n) is 16.8. The minimum Gasteiger partial charge on any atom is -0.484 e. The van der Waals surface area contributed by atoms with Crippen LogP contribution in [0.4, 0.5) is 5.69 Å². The lowest BCUT2D eigenvalue weighted by Crippen LogP contribution is -2.34. The smallest absolute Gasteiger partial charge is 0.265 e. The summed E-state index contributed by atoms with van der Waals surface area (Å²) in [5.74, 6) is 0.516. The van der Waals surface area contributed by atoms with Crippen molar-refractivity contribution in [1.82, 2.24) is 0 Å². The molecule has 0 bridgehead atoms. The number of nitrogens with zero attached hydrogens (tertiary/aromatic N) is 1. The van der Waals surface area contributed by atoms with E-state index in [-0.39, 0.29) is 18.3 Å². The summed E-state index contributed by atoms with van der Waals surface area (Å²) in [6.07, 6.45) is 0.462. The molecule has 0 radical (unpaired) electrons. The van der Waals surface area contributed by atoms with Crippen LogP contribution in [0.3, 0.4) is 0 Å². The Kier molecular flexibility index (Phi) is 6.80. The minimum absolute atomic E-state index is 0.0816. The van der Waals surface area contributed by atoms with Crippen LogP contribution in [0.2, 0.25) is 0 Å². The third-order valence-corrected chi connectivity index (χ3v) is 4.69. The second kappa shape index (κ2) is 9.69. The fourth-order valence-corrected chi connectivity index (χ4v) is 2.98. The number of benzene rings is 3. The lowest BCUT2D eigenvalue weighted by molar-refractivity contribution is -0.120. The van der Waals surface area contributed by atoms with Gasteiger partial charge in [-0.15, -0.1) is 0 Å². The van der Waals surface area contributed by atoms with Gasteiger partial charge in [0.25, 0.3) is 5.91 Å². The highest BCUT2D eigenvalue weighted by atomic mass is 16.5. The number of hydrogen-bond donors (Lipinski definition) is 0. The maximum atomic E-state index is 13.0. The number of hydrogen-bond acceptors (Lipinski definition) is 3. The molecule has 3 aromatic rings. The average Bonchev–Trinajstić information content (AvgIpc) is 2.77. The van der Waals surface area contributed by atoms with Gasteiger partial charge in [-0.05, 0) is 48.9 Å². The number of aryl methyl sites for hydroxylation is 1. The zero-order chi connectivity index (χ0) is 20.6. The van der Waals surface area contributed by atoms with Gasteiger partial charge < -0.3 is 9.64 Å². The minimum atomic E-state index is -0.133. The molecule has 4 nitrogen and oxygen atoms in total. The zero-order valence-corrected chi connectivity index (χ0v) is 16.8. The number of amides is 1. The number of ether oxygens (including phenoxy) is 1. The molecule has 0 aliphatic rings. The van der Waals surface area contributed by atoms with E-state index >= 15 is 0 Å². The van der Waals surface area contributed by atoms with Gasteiger partial charge in [0, 0.05) is 17.7 Å². The summed E-state index contributed by atoms with van der Waals surface area (Å²) in [7, 11) is 0. The van der Waals surface area contributed by atoms with Crippen molar-refractivity contribution in [2.24, 2.45) is 0 Å². The van der Waals surface area contributed by atoms with E-state index in [1.165, 1.54) is 0 Å². The van der Waals surface area contributed by atoms with Crippen molar-refractivity contribution >= 4 is 17.4 Å². The SMILES string of the molecule is CCC(=O)c1ccc(OCC(=O)N(Cc2ccccc2)c2ccc(C)cc2)cc1. The maximum absolute atomic E-state index is 13.0. The quantitative estimate of drug-likeness (QED) is 0.499. The molecule has 0 fully saturated rings.